The Morgan fingerprint density at radius 2 is 1.17 bits per heavy atom. The van der Waals surface area contributed by atoms with Crippen LogP contribution >= 0.6 is 0 Å². The van der Waals surface area contributed by atoms with Gasteiger partial charge in [0.25, 0.3) is 0 Å². The van der Waals surface area contributed by atoms with Crippen molar-refractivity contribution >= 4 is 10.9 Å². The molecule has 0 aliphatic heterocycles. The lowest BCUT2D eigenvalue weighted by atomic mass is 10.0. The van der Waals surface area contributed by atoms with Crippen molar-refractivity contribution in [1.82, 2.24) is 9.97 Å². The second kappa shape index (κ2) is 5.89. The number of nitrogens with zero attached hydrogens (tertiary/aromatic N) is 2. The number of hydrogen-bond donors (Lipinski definition) is 0. The predicted octanol–water partition coefficient (Wildman–Crippen LogP) is 5.58. The van der Waals surface area contributed by atoms with Gasteiger partial charge < -0.3 is 0 Å². The van der Waals surface area contributed by atoms with Crippen molar-refractivity contribution < 1.29 is 0 Å². The van der Waals surface area contributed by atoms with Crippen molar-refractivity contribution in [2.75, 3.05) is 0 Å². The second-order valence-corrected chi connectivity index (χ2v) is 6.04. The van der Waals surface area contributed by atoms with Crippen molar-refractivity contribution in [3.8, 4) is 22.6 Å². The van der Waals surface area contributed by atoms with Gasteiger partial charge in [-0.2, -0.15) is 0 Å². The van der Waals surface area contributed by atoms with Gasteiger partial charge >= 0.3 is 0 Å². The fraction of sp³-hybridized carbons (Fsp3) is 0.0909. The number of para-hydroxylation sites is 1. The van der Waals surface area contributed by atoms with E-state index in [4.69, 9.17) is 9.97 Å². The summed E-state index contributed by atoms with van der Waals surface area (Å²) >= 11 is 0. The minimum absolute atomic E-state index is 0.782. The third-order valence-corrected chi connectivity index (χ3v) is 4.39. The molecule has 2 nitrogen and oxygen atoms in total. The summed E-state index contributed by atoms with van der Waals surface area (Å²) < 4.78 is 0. The van der Waals surface area contributed by atoms with Crippen LogP contribution in [0.1, 0.15) is 11.1 Å². The standard InChI is InChI=1S/C22H18N2/c1-15-9-3-5-11-17(15)21-19-13-7-8-14-20(19)23-22(24-21)18-12-6-4-10-16(18)2/h3-14H,1-2H3. The molecule has 0 saturated heterocycles. The van der Waals surface area contributed by atoms with Crippen LogP contribution in [0, 0.1) is 13.8 Å². The Morgan fingerprint density at radius 1 is 0.583 bits per heavy atom. The first-order valence-electron chi connectivity index (χ1n) is 8.13. The molecule has 0 radical (unpaired) electrons. The SMILES string of the molecule is Cc1ccccc1-c1nc(-c2ccccc2C)c2ccccc2n1. The number of aromatic nitrogens is 2. The number of rotatable bonds is 2. The third-order valence-electron chi connectivity index (χ3n) is 4.39. The average Bonchev–Trinajstić information content (AvgIpc) is 2.62. The molecule has 4 aromatic rings. The maximum absolute atomic E-state index is 4.95. The van der Waals surface area contributed by atoms with Gasteiger partial charge in [0.2, 0.25) is 0 Å². The summed E-state index contributed by atoms with van der Waals surface area (Å²) in [5, 5.41) is 1.09. The Bertz CT molecular complexity index is 1030. The van der Waals surface area contributed by atoms with Gasteiger partial charge in [-0.05, 0) is 31.0 Å². The number of benzene rings is 3. The zero-order valence-corrected chi connectivity index (χ0v) is 13.8. The van der Waals surface area contributed by atoms with E-state index in [0.29, 0.717) is 0 Å². The predicted molar refractivity (Wildman–Crippen MR) is 99.9 cm³/mol. The van der Waals surface area contributed by atoms with E-state index in [1.807, 2.05) is 24.3 Å². The Balaban J connectivity index is 2.06. The lowest BCUT2D eigenvalue weighted by Gasteiger charge is -2.12. The fourth-order valence-corrected chi connectivity index (χ4v) is 3.06. The van der Waals surface area contributed by atoms with Crippen LogP contribution in [-0.4, -0.2) is 9.97 Å². The molecule has 0 amide bonds. The Labute approximate surface area is 141 Å². The molecule has 0 unspecified atom stereocenters. The minimum atomic E-state index is 0.782. The first-order valence-corrected chi connectivity index (χ1v) is 8.13. The van der Waals surface area contributed by atoms with Crippen LogP contribution in [0.3, 0.4) is 0 Å². The smallest absolute Gasteiger partial charge is 0.160 e. The van der Waals surface area contributed by atoms with Gasteiger partial charge in [0.05, 0.1) is 11.2 Å². The van der Waals surface area contributed by atoms with Crippen LogP contribution in [0.5, 0.6) is 0 Å². The van der Waals surface area contributed by atoms with Gasteiger partial charge in [0.1, 0.15) is 0 Å². The summed E-state index contributed by atoms with van der Waals surface area (Å²) in [5.41, 5.74) is 6.62. The zero-order chi connectivity index (χ0) is 16.5. The highest BCUT2D eigenvalue weighted by Gasteiger charge is 2.13. The third kappa shape index (κ3) is 2.46. The van der Waals surface area contributed by atoms with Gasteiger partial charge in [-0.25, -0.2) is 9.97 Å². The van der Waals surface area contributed by atoms with Gasteiger partial charge in [-0.1, -0.05) is 66.7 Å². The topological polar surface area (TPSA) is 25.8 Å². The Hall–Kier alpha value is -3.00. The maximum Gasteiger partial charge on any atom is 0.160 e. The molecule has 3 aromatic carbocycles. The van der Waals surface area contributed by atoms with Crippen molar-refractivity contribution in [1.29, 1.82) is 0 Å². The van der Waals surface area contributed by atoms with E-state index in [2.05, 4.69) is 62.4 Å². The Morgan fingerprint density at radius 3 is 1.88 bits per heavy atom. The first kappa shape index (κ1) is 14.6. The van der Waals surface area contributed by atoms with E-state index < -0.39 is 0 Å². The zero-order valence-electron chi connectivity index (χ0n) is 13.8. The molecular formula is C22H18N2. The van der Waals surface area contributed by atoms with E-state index in [1.54, 1.807) is 0 Å². The molecule has 0 atom stereocenters. The molecular weight excluding hydrogens is 292 g/mol. The van der Waals surface area contributed by atoms with Gasteiger partial charge in [0, 0.05) is 16.5 Å². The number of aryl methyl sites for hydroxylation is 2. The molecule has 0 N–H and O–H groups in total. The molecule has 24 heavy (non-hydrogen) atoms. The summed E-state index contributed by atoms with van der Waals surface area (Å²) in [6.45, 7) is 4.22. The summed E-state index contributed by atoms with van der Waals surface area (Å²) in [6.07, 6.45) is 0. The number of fused-ring (bicyclic) bond motifs is 1. The highest BCUT2D eigenvalue weighted by atomic mass is 14.9. The van der Waals surface area contributed by atoms with Gasteiger partial charge in [0.15, 0.2) is 5.82 Å². The summed E-state index contributed by atoms with van der Waals surface area (Å²) in [6, 6.07) is 24.9. The Kier molecular flexibility index (Phi) is 3.58. The molecule has 1 aromatic heterocycles. The molecule has 2 heteroatoms. The van der Waals surface area contributed by atoms with Crippen molar-refractivity contribution in [3.05, 3.63) is 83.9 Å². The van der Waals surface area contributed by atoms with Crippen LogP contribution in [0.15, 0.2) is 72.8 Å². The van der Waals surface area contributed by atoms with Crippen molar-refractivity contribution in [2.45, 2.75) is 13.8 Å². The maximum atomic E-state index is 4.95. The summed E-state index contributed by atoms with van der Waals surface area (Å²) in [5.74, 6) is 0.782. The molecule has 0 spiro atoms. The van der Waals surface area contributed by atoms with E-state index in [0.717, 1.165) is 33.5 Å². The van der Waals surface area contributed by atoms with Crippen LogP contribution in [-0.2, 0) is 0 Å². The highest BCUT2D eigenvalue weighted by molar-refractivity contribution is 5.94. The normalized spacial score (nSPS) is 10.9. The lowest BCUT2D eigenvalue weighted by Crippen LogP contribution is -1.97. The van der Waals surface area contributed by atoms with E-state index >= 15 is 0 Å². The average molecular weight is 310 g/mol. The molecule has 0 bridgehead atoms. The molecule has 0 aliphatic carbocycles. The summed E-state index contributed by atoms with van der Waals surface area (Å²) in [4.78, 5) is 9.76. The van der Waals surface area contributed by atoms with Crippen LogP contribution in [0.2, 0.25) is 0 Å². The molecule has 0 fully saturated rings. The second-order valence-electron chi connectivity index (χ2n) is 6.04. The fourth-order valence-electron chi connectivity index (χ4n) is 3.06. The first-order chi connectivity index (χ1) is 11.7. The largest absolute Gasteiger partial charge is 0.228 e. The monoisotopic (exact) mass is 310 g/mol. The number of hydrogen-bond acceptors (Lipinski definition) is 2. The van der Waals surface area contributed by atoms with E-state index in [9.17, 15) is 0 Å². The molecule has 0 saturated carbocycles. The summed E-state index contributed by atoms with van der Waals surface area (Å²) in [7, 11) is 0. The van der Waals surface area contributed by atoms with Crippen LogP contribution in [0.4, 0.5) is 0 Å². The molecule has 1 heterocycles. The minimum Gasteiger partial charge on any atom is -0.228 e. The van der Waals surface area contributed by atoms with E-state index in [1.165, 1.54) is 11.1 Å². The lowest BCUT2D eigenvalue weighted by molar-refractivity contribution is 1.21. The molecule has 0 aliphatic rings. The molecule has 116 valence electrons. The van der Waals surface area contributed by atoms with Gasteiger partial charge in [-0.15, -0.1) is 0 Å². The van der Waals surface area contributed by atoms with Gasteiger partial charge in [-0.3, -0.25) is 0 Å². The van der Waals surface area contributed by atoms with Crippen molar-refractivity contribution in [3.63, 3.8) is 0 Å². The van der Waals surface area contributed by atoms with E-state index in [-0.39, 0.29) is 0 Å². The van der Waals surface area contributed by atoms with Crippen molar-refractivity contribution in [2.24, 2.45) is 0 Å². The molecule has 4 rings (SSSR count). The quantitative estimate of drug-likeness (QED) is 0.483. The van der Waals surface area contributed by atoms with Crippen LogP contribution < -0.4 is 0 Å². The highest BCUT2D eigenvalue weighted by Crippen LogP contribution is 2.31. The van der Waals surface area contributed by atoms with Crippen LogP contribution in [0.25, 0.3) is 33.5 Å².